The maximum Gasteiger partial charge on any atom is 0.323 e. The molecule has 39 heteroatoms. The summed E-state index contributed by atoms with van der Waals surface area (Å²) in [7, 11) is 0. The van der Waals surface area contributed by atoms with Crippen molar-refractivity contribution in [2.24, 2.45) is 0 Å². The number of nitrogens with one attached hydrogen (secondary N) is 2. The highest BCUT2D eigenvalue weighted by Crippen LogP contribution is 2.42. The number of thiophene rings is 4. The normalized spacial score (nSPS) is 20.2. The van der Waals surface area contributed by atoms with Gasteiger partial charge in [0.1, 0.15) is 17.9 Å². The Kier molecular flexibility index (Phi) is 26.2. The summed E-state index contributed by atoms with van der Waals surface area (Å²) in [5.41, 5.74) is 11.1. The molecule has 35 nitrogen and oxygen atoms in total. The van der Waals surface area contributed by atoms with Crippen LogP contribution < -0.4 is 19.6 Å². The first-order chi connectivity index (χ1) is 66.1. The summed E-state index contributed by atoms with van der Waals surface area (Å²) in [6.45, 7) is 24.0. The van der Waals surface area contributed by atoms with Crippen LogP contribution in [0.5, 0.6) is 5.75 Å². The summed E-state index contributed by atoms with van der Waals surface area (Å²) in [5, 5.41) is 31.0. The van der Waals surface area contributed by atoms with Crippen LogP contribution in [0, 0.1) is 0 Å². The van der Waals surface area contributed by atoms with E-state index in [0.717, 1.165) is 224 Å². The van der Waals surface area contributed by atoms with Gasteiger partial charge in [0.2, 0.25) is 0 Å². The van der Waals surface area contributed by atoms with Crippen molar-refractivity contribution >= 4 is 167 Å². The van der Waals surface area contributed by atoms with Gasteiger partial charge in [-0.1, -0.05) is 49.0 Å². The Balaban J connectivity index is 0.000000109. The van der Waals surface area contributed by atoms with E-state index in [2.05, 4.69) is 73.4 Å². The van der Waals surface area contributed by atoms with Crippen molar-refractivity contribution in [3.63, 3.8) is 0 Å². The van der Waals surface area contributed by atoms with Gasteiger partial charge in [-0.2, -0.15) is 10.2 Å². The number of hydrogen-bond acceptors (Lipinski definition) is 35. The van der Waals surface area contributed by atoms with E-state index in [-0.39, 0.29) is 53.4 Å². The molecule has 135 heavy (non-hydrogen) atoms. The number of phenols is 1. The quantitative estimate of drug-likeness (QED) is 0.0384. The number of piperazine rings is 2. The number of likely N-dealkylation sites (tertiary alicyclic amines) is 1. The molecule has 10 aliphatic rings. The van der Waals surface area contributed by atoms with Crippen molar-refractivity contribution in [2.75, 3.05) is 184 Å². The van der Waals surface area contributed by atoms with Crippen molar-refractivity contribution < 1.29 is 67.0 Å². The van der Waals surface area contributed by atoms with Crippen LogP contribution in [0.2, 0.25) is 0 Å². The van der Waals surface area contributed by atoms with Crippen LogP contribution >= 0.6 is 45.3 Å². The van der Waals surface area contributed by atoms with Crippen LogP contribution in [0.15, 0.2) is 139 Å². The van der Waals surface area contributed by atoms with E-state index in [0.29, 0.717) is 141 Å². The minimum atomic E-state index is -0.606. The van der Waals surface area contributed by atoms with Gasteiger partial charge in [-0.15, -0.1) is 45.3 Å². The third-order valence-electron chi connectivity index (χ3n) is 25.9. The predicted octanol–water partition coefficient (Wildman–Crippen LogP) is 10.7. The van der Waals surface area contributed by atoms with Gasteiger partial charge in [-0.05, 0) is 88.6 Å². The number of aromatic nitrogens is 12. The number of fused-ring (bicyclic) bond motifs is 8. The van der Waals surface area contributed by atoms with Crippen molar-refractivity contribution in [2.45, 2.75) is 82.5 Å². The van der Waals surface area contributed by atoms with Gasteiger partial charge in [0.25, 0.3) is 11.8 Å². The number of amides is 2. The SMILES string of the molecule is C=CC(=O)Cc1cccc(-c2nc(N3CCOCC3)c3sccc3n2)c1.O=C1CC[C@@H](C(=O)N2CCN(Cc3cc4nc(-c5cccc6[nH]ncc56)nc(N5CCOCC5)c4s3)CC2)O1.O=C1CC[C@H](C(=O)N2CCN(Cc3cc4nc(-c5cccc6[nH]ncc56)nc(N5CCOCC5)c4s3)CC2)O1.O=C1O[C@H]2C[C@@H]1N(Cc1cc(O)cc(-c3nc(N4CCOCC4)c4sccc4n3)c1)C2. The molecule has 2 bridgehead atoms. The van der Waals surface area contributed by atoms with E-state index in [4.69, 9.17) is 73.0 Å². The van der Waals surface area contributed by atoms with Gasteiger partial charge >= 0.3 is 17.9 Å². The van der Waals surface area contributed by atoms with Crippen LogP contribution in [0.3, 0.4) is 0 Å². The number of benzene rings is 4. The lowest BCUT2D eigenvalue weighted by atomic mass is 10.1. The second kappa shape index (κ2) is 39.8. The standard InChI is InChI=1S/2C27H29N7O4S.C22H22N4O4S.C20H19N3O2S/c2*35-23-5-4-22(38-23)27(36)34-8-6-32(7-9-34)16-17-14-21-24(39-17)26(33-10-12-37-13-11-33)30-25(29-21)18-2-1-3-20-19(18)15-28-31-20;27-15-8-13(11-26-12-16-10-18(26)22(28)30-16)7-14(9-15)20-23-17-1-6-31-19(17)21(24-20)25-2-4-29-5-3-25;1-2-16(24)13-14-4-3-5-15(12-14)19-21-17-6-11-26-18(17)20(22-19)23-7-9-25-10-8-23/h2*1-3,14-15,22H,4-13,16H2,(H,28,31);1,6-9,16,18,27H,2-5,10-12H2;2-6,11-12H,1,7-10,13H2/t2*22-;16-,18-;/m100./s1. The largest absolute Gasteiger partial charge is 0.508 e. The topological polar surface area (TPSA) is 377 Å². The maximum absolute atomic E-state index is 12.7. The molecular weight excluding hydrogens is 1800 g/mol. The first-order valence-corrected chi connectivity index (χ1v) is 49.2. The summed E-state index contributed by atoms with van der Waals surface area (Å²) in [5.74, 6) is 5.82. The number of allylic oxidation sites excluding steroid dienone is 1. The van der Waals surface area contributed by atoms with E-state index in [1.165, 1.54) is 15.8 Å². The first-order valence-electron chi connectivity index (χ1n) is 45.8. The van der Waals surface area contributed by atoms with E-state index in [1.54, 1.807) is 57.5 Å². The summed E-state index contributed by atoms with van der Waals surface area (Å²) in [6, 6.07) is 33.6. The molecule has 0 aliphatic carbocycles. The van der Waals surface area contributed by atoms with Crippen LogP contribution in [-0.2, 0) is 88.0 Å². The zero-order valence-corrected chi connectivity index (χ0v) is 77.4. The van der Waals surface area contributed by atoms with E-state index in [1.807, 2.05) is 112 Å². The molecule has 20 heterocycles. The third-order valence-corrected chi connectivity index (χ3v) is 29.9. The highest BCUT2D eigenvalue weighted by Gasteiger charge is 2.47. The molecule has 3 N–H and O–H groups in total. The molecule has 10 aromatic heterocycles. The molecule has 696 valence electrons. The lowest BCUT2D eigenvalue weighted by Crippen LogP contribution is -2.51. The van der Waals surface area contributed by atoms with Crippen LogP contribution in [0.25, 0.3) is 108 Å². The number of anilines is 4. The van der Waals surface area contributed by atoms with Crippen LogP contribution in [0.4, 0.5) is 23.3 Å². The number of phenolic OH excluding ortho intramolecular Hbond substituents is 1. The highest BCUT2D eigenvalue weighted by molar-refractivity contribution is 7.20. The molecule has 4 aromatic carbocycles. The van der Waals surface area contributed by atoms with Crippen LogP contribution in [-0.4, -0.2) is 314 Å². The van der Waals surface area contributed by atoms with Gasteiger partial charge in [0.05, 0.1) is 117 Å². The number of carbonyl (C=O) groups is 6. The molecule has 0 saturated carbocycles. The number of esters is 3. The molecule has 2 amide bonds. The molecule has 10 saturated heterocycles. The number of ether oxygens (including phenoxy) is 7. The molecule has 14 aromatic rings. The summed E-state index contributed by atoms with van der Waals surface area (Å²) in [6.07, 6.45) is 6.53. The second-order valence-electron chi connectivity index (χ2n) is 34.7. The van der Waals surface area contributed by atoms with Crippen molar-refractivity contribution in [1.29, 1.82) is 0 Å². The Bertz CT molecular complexity index is 6550. The fourth-order valence-electron chi connectivity index (χ4n) is 18.9. The molecule has 10 fully saturated rings. The number of nitrogens with zero attached hydrogens (tertiary/aromatic N) is 19. The summed E-state index contributed by atoms with van der Waals surface area (Å²) < 4.78 is 42.2. The van der Waals surface area contributed by atoms with Crippen molar-refractivity contribution in [3.05, 3.63) is 160 Å². The zero-order valence-electron chi connectivity index (χ0n) is 74.1. The number of aromatic amines is 2. The number of rotatable bonds is 19. The number of cyclic esters (lactones) is 2. The Hall–Kier alpha value is -12.5. The lowest BCUT2D eigenvalue weighted by molar-refractivity contribution is -0.153. The molecule has 0 spiro atoms. The smallest absolute Gasteiger partial charge is 0.323 e. The second-order valence-corrected chi connectivity index (χ2v) is 38.8. The van der Waals surface area contributed by atoms with Crippen LogP contribution in [0.1, 0.15) is 53.0 Å². The fourth-order valence-corrected chi connectivity index (χ4v) is 22.9. The van der Waals surface area contributed by atoms with Gasteiger partial charge in [0.15, 0.2) is 64.6 Å². The number of H-pyrrole nitrogens is 2. The van der Waals surface area contributed by atoms with Gasteiger partial charge < -0.3 is 67.7 Å². The molecule has 0 unspecified atom stereocenters. The number of morpholine rings is 5. The third kappa shape index (κ3) is 19.6. The maximum atomic E-state index is 12.7. The van der Waals surface area contributed by atoms with Crippen molar-refractivity contribution in [3.8, 4) is 51.3 Å². The van der Waals surface area contributed by atoms with E-state index < -0.39 is 12.2 Å². The van der Waals surface area contributed by atoms with Gasteiger partial charge in [-0.25, -0.2) is 39.9 Å². The average Bonchev–Trinajstić information content (AvgIpc) is 1.63. The Labute approximate surface area is 790 Å². The number of ketones is 1. The molecule has 24 rings (SSSR count). The van der Waals surface area contributed by atoms with E-state index in [9.17, 15) is 33.9 Å². The molecule has 4 atom stereocenters. The highest BCUT2D eigenvalue weighted by atomic mass is 32.1. The first kappa shape index (κ1) is 89.0. The Morgan fingerprint density at radius 1 is 0.459 bits per heavy atom. The molecule has 10 aliphatic heterocycles. The predicted molar refractivity (Wildman–Crippen MR) is 514 cm³/mol. The minimum absolute atomic E-state index is 0.00492. The number of carbonyl (C=O) groups excluding carboxylic acids is 6. The zero-order chi connectivity index (χ0) is 91.6. The lowest BCUT2D eigenvalue weighted by Gasteiger charge is -2.35. The summed E-state index contributed by atoms with van der Waals surface area (Å²) >= 11 is 6.79. The Morgan fingerprint density at radius 2 is 0.904 bits per heavy atom. The van der Waals surface area contributed by atoms with Gasteiger partial charge in [0, 0.05) is 212 Å². The minimum Gasteiger partial charge on any atom is -0.508 e. The number of hydrogen-bond donors (Lipinski definition) is 3. The summed E-state index contributed by atoms with van der Waals surface area (Å²) in [4.78, 5) is 133. The average molecular weight is 1900 g/mol. The van der Waals surface area contributed by atoms with Gasteiger partial charge in [-0.3, -0.25) is 53.7 Å². The van der Waals surface area contributed by atoms with Crippen molar-refractivity contribution in [1.82, 2.24) is 84.8 Å². The number of aromatic hydroxyl groups is 1. The van der Waals surface area contributed by atoms with E-state index >= 15 is 0 Å². The monoisotopic (exact) mass is 1900 g/mol. The molecular formula is C96H99N21O14S4. The fraction of sp³-hybridized carbons (Fsp3) is 0.396. The molecule has 0 radical (unpaired) electrons. The Morgan fingerprint density at radius 3 is 1.36 bits per heavy atom.